The molecule has 1 aromatic carbocycles. The van der Waals surface area contributed by atoms with Crippen molar-refractivity contribution in [3.05, 3.63) is 35.1 Å². The Kier molecular flexibility index (Phi) is 3.26. The Morgan fingerprint density at radius 2 is 2.00 bits per heavy atom. The highest BCUT2D eigenvalue weighted by Crippen LogP contribution is 2.28. The highest BCUT2D eigenvalue weighted by molar-refractivity contribution is 5.79. The molecule has 1 saturated carbocycles. The molecule has 0 spiro atoms. The van der Waals surface area contributed by atoms with E-state index in [0.29, 0.717) is 25.4 Å². The molecule has 20 heavy (non-hydrogen) atoms. The molecule has 2 aromatic rings. The number of nitrogens with one attached hydrogen (secondary N) is 1. The molecule has 4 nitrogen and oxygen atoms in total. The molecular formula is C16H19NO3. The van der Waals surface area contributed by atoms with E-state index in [-0.39, 0.29) is 5.92 Å². The van der Waals surface area contributed by atoms with Crippen molar-refractivity contribution in [2.45, 2.75) is 39.3 Å². The van der Waals surface area contributed by atoms with Crippen molar-refractivity contribution >= 4 is 16.9 Å². The van der Waals surface area contributed by atoms with Crippen LogP contribution in [0.1, 0.15) is 29.7 Å². The third-order valence-corrected chi connectivity index (χ3v) is 4.24. The Morgan fingerprint density at radius 1 is 1.30 bits per heavy atom. The minimum absolute atomic E-state index is 0.173. The summed E-state index contributed by atoms with van der Waals surface area (Å²) in [4.78, 5) is 10.7. The molecule has 1 aliphatic carbocycles. The van der Waals surface area contributed by atoms with E-state index < -0.39 is 5.97 Å². The number of furan rings is 1. The Morgan fingerprint density at radius 3 is 2.70 bits per heavy atom. The van der Waals surface area contributed by atoms with E-state index in [9.17, 15) is 4.79 Å². The molecule has 1 fully saturated rings. The van der Waals surface area contributed by atoms with Crippen LogP contribution in [-0.2, 0) is 11.3 Å². The molecule has 0 amide bonds. The van der Waals surface area contributed by atoms with Crippen LogP contribution in [0.3, 0.4) is 0 Å². The maximum absolute atomic E-state index is 10.7. The number of fused-ring (bicyclic) bond motifs is 1. The van der Waals surface area contributed by atoms with Crippen molar-refractivity contribution in [2.75, 3.05) is 0 Å². The smallest absolute Gasteiger partial charge is 0.306 e. The standard InChI is InChI=1S/C16H19NO3/c1-9-3-11-7-14(20-15(11)4-10(9)2)8-17-13-5-12(6-13)16(18)19/h3-4,7,12-13,17H,5-6,8H2,1-2H3,(H,18,19). The van der Waals surface area contributed by atoms with E-state index in [2.05, 4.69) is 37.4 Å². The van der Waals surface area contributed by atoms with Crippen LogP contribution >= 0.6 is 0 Å². The van der Waals surface area contributed by atoms with Crippen LogP contribution in [0.25, 0.3) is 11.0 Å². The summed E-state index contributed by atoms with van der Waals surface area (Å²) in [5.74, 6) is 0.0509. The number of hydrogen-bond acceptors (Lipinski definition) is 3. The van der Waals surface area contributed by atoms with Gasteiger partial charge in [0.15, 0.2) is 0 Å². The first kappa shape index (κ1) is 13.2. The number of aliphatic carboxylic acids is 1. The second kappa shape index (κ2) is 4.94. The van der Waals surface area contributed by atoms with E-state index in [1.54, 1.807) is 0 Å². The van der Waals surface area contributed by atoms with E-state index in [4.69, 9.17) is 9.52 Å². The normalized spacial score (nSPS) is 21.9. The topological polar surface area (TPSA) is 62.5 Å². The van der Waals surface area contributed by atoms with Crippen molar-refractivity contribution < 1.29 is 14.3 Å². The summed E-state index contributed by atoms with van der Waals surface area (Å²) in [6.45, 7) is 4.83. The Labute approximate surface area is 117 Å². The van der Waals surface area contributed by atoms with Crippen LogP contribution in [0.2, 0.25) is 0 Å². The summed E-state index contributed by atoms with van der Waals surface area (Å²) in [6.07, 6.45) is 1.43. The SMILES string of the molecule is Cc1cc2cc(CNC3CC(C(=O)O)C3)oc2cc1C. The number of carboxylic acids is 1. The first-order valence-electron chi connectivity index (χ1n) is 6.99. The number of rotatable bonds is 4. The molecular weight excluding hydrogens is 254 g/mol. The molecule has 0 radical (unpaired) electrons. The molecule has 4 heteroatoms. The predicted molar refractivity (Wildman–Crippen MR) is 76.7 cm³/mol. The Bertz CT molecular complexity index is 614. The van der Waals surface area contributed by atoms with Gasteiger partial charge in [-0.05, 0) is 56.0 Å². The van der Waals surface area contributed by atoms with Crippen LogP contribution in [-0.4, -0.2) is 17.1 Å². The lowest BCUT2D eigenvalue weighted by molar-refractivity contribution is -0.145. The van der Waals surface area contributed by atoms with Gasteiger partial charge in [-0.25, -0.2) is 0 Å². The zero-order valence-electron chi connectivity index (χ0n) is 11.8. The molecule has 0 saturated heterocycles. The molecule has 0 unspecified atom stereocenters. The van der Waals surface area contributed by atoms with E-state index in [1.807, 2.05) is 0 Å². The molecule has 106 valence electrons. The van der Waals surface area contributed by atoms with Gasteiger partial charge in [0, 0.05) is 11.4 Å². The predicted octanol–water partition coefficient (Wildman–Crippen LogP) is 3.00. The minimum Gasteiger partial charge on any atom is -0.481 e. The fourth-order valence-electron chi connectivity index (χ4n) is 2.68. The summed E-state index contributed by atoms with van der Waals surface area (Å²) in [5.41, 5.74) is 3.41. The van der Waals surface area contributed by atoms with Gasteiger partial charge in [0.25, 0.3) is 0 Å². The second-order valence-corrected chi connectivity index (χ2v) is 5.77. The van der Waals surface area contributed by atoms with Gasteiger partial charge in [0.1, 0.15) is 11.3 Å². The number of hydrogen-bond donors (Lipinski definition) is 2. The van der Waals surface area contributed by atoms with Gasteiger partial charge in [-0.15, -0.1) is 0 Å². The number of benzene rings is 1. The Balaban J connectivity index is 1.63. The van der Waals surface area contributed by atoms with E-state index in [0.717, 1.165) is 16.7 Å². The molecule has 0 aliphatic heterocycles. The number of aryl methyl sites for hydroxylation is 2. The lowest BCUT2D eigenvalue weighted by Crippen LogP contribution is -2.43. The highest BCUT2D eigenvalue weighted by atomic mass is 16.4. The van der Waals surface area contributed by atoms with Crippen LogP contribution in [0, 0.1) is 19.8 Å². The van der Waals surface area contributed by atoms with Crippen molar-refractivity contribution in [1.29, 1.82) is 0 Å². The van der Waals surface area contributed by atoms with Crippen LogP contribution in [0.4, 0.5) is 0 Å². The van der Waals surface area contributed by atoms with E-state index in [1.165, 1.54) is 11.1 Å². The molecule has 2 N–H and O–H groups in total. The molecule has 1 heterocycles. The zero-order valence-corrected chi connectivity index (χ0v) is 11.8. The molecule has 0 bridgehead atoms. The molecule has 0 atom stereocenters. The highest BCUT2D eigenvalue weighted by Gasteiger charge is 2.33. The summed E-state index contributed by atoms with van der Waals surface area (Å²) >= 11 is 0. The maximum atomic E-state index is 10.7. The fourth-order valence-corrected chi connectivity index (χ4v) is 2.68. The zero-order chi connectivity index (χ0) is 14.3. The number of carbonyl (C=O) groups is 1. The van der Waals surface area contributed by atoms with Crippen LogP contribution < -0.4 is 5.32 Å². The average molecular weight is 273 g/mol. The Hall–Kier alpha value is -1.81. The largest absolute Gasteiger partial charge is 0.481 e. The van der Waals surface area contributed by atoms with Gasteiger partial charge in [0.05, 0.1) is 12.5 Å². The fraction of sp³-hybridized carbons (Fsp3) is 0.438. The van der Waals surface area contributed by atoms with Crippen molar-refractivity contribution in [3.63, 3.8) is 0 Å². The molecule has 3 rings (SSSR count). The van der Waals surface area contributed by atoms with E-state index >= 15 is 0 Å². The van der Waals surface area contributed by atoms with Crippen molar-refractivity contribution in [1.82, 2.24) is 5.32 Å². The summed E-state index contributed by atoms with van der Waals surface area (Å²) in [7, 11) is 0. The number of carboxylic acid groups (broad SMARTS) is 1. The summed E-state index contributed by atoms with van der Waals surface area (Å²) in [5, 5.41) is 13.3. The van der Waals surface area contributed by atoms with Crippen LogP contribution in [0.15, 0.2) is 22.6 Å². The average Bonchev–Trinajstić information content (AvgIpc) is 2.69. The summed E-state index contributed by atoms with van der Waals surface area (Å²) in [6, 6.07) is 6.56. The first-order valence-corrected chi connectivity index (χ1v) is 6.99. The third kappa shape index (κ3) is 2.43. The minimum atomic E-state index is -0.683. The van der Waals surface area contributed by atoms with Gasteiger partial charge < -0.3 is 14.8 Å². The van der Waals surface area contributed by atoms with Crippen molar-refractivity contribution in [2.24, 2.45) is 5.92 Å². The first-order chi connectivity index (χ1) is 9.52. The van der Waals surface area contributed by atoms with Crippen LogP contribution in [0.5, 0.6) is 0 Å². The summed E-state index contributed by atoms with van der Waals surface area (Å²) < 4.78 is 5.82. The molecule has 1 aromatic heterocycles. The lowest BCUT2D eigenvalue weighted by Gasteiger charge is -2.32. The van der Waals surface area contributed by atoms with Gasteiger partial charge in [0.2, 0.25) is 0 Å². The lowest BCUT2D eigenvalue weighted by atomic mass is 9.80. The van der Waals surface area contributed by atoms with Gasteiger partial charge >= 0.3 is 5.97 Å². The maximum Gasteiger partial charge on any atom is 0.306 e. The monoisotopic (exact) mass is 273 g/mol. The van der Waals surface area contributed by atoms with Gasteiger partial charge in [-0.3, -0.25) is 4.79 Å². The second-order valence-electron chi connectivity index (χ2n) is 5.77. The third-order valence-electron chi connectivity index (χ3n) is 4.24. The molecule has 1 aliphatic rings. The quantitative estimate of drug-likeness (QED) is 0.899. The van der Waals surface area contributed by atoms with Crippen molar-refractivity contribution in [3.8, 4) is 0 Å². The van der Waals surface area contributed by atoms with Gasteiger partial charge in [-0.2, -0.15) is 0 Å². The van der Waals surface area contributed by atoms with Gasteiger partial charge in [-0.1, -0.05) is 0 Å².